The molecule has 0 bridgehead atoms. The molecule has 1 unspecified atom stereocenters. The predicted molar refractivity (Wildman–Crippen MR) is 156 cm³/mol. The number of amides is 1. The van der Waals surface area contributed by atoms with E-state index in [-0.39, 0.29) is 27.7 Å². The van der Waals surface area contributed by atoms with Crippen LogP contribution in [-0.2, 0) is 17.4 Å². The Labute approximate surface area is 240 Å². The number of rotatable bonds is 6. The number of fused-ring (bicyclic) bond motifs is 1. The molecule has 0 radical (unpaired) electrons. The summed E-state index contributed by atoms with van der Waals surface area (Å²) in [6.07, 6.45) is 5.76. The van der Waals surface area contributed by atoms with Gasteiger partial charge in [0.25, 0.3) is 5.91 Å². The summed E-state index contributed by atoms with van der Waals surface area (Å²) >= 11 is 7.52. The van der Waals surface area contributed by atoms with E-state index < -0.39 is 16.9 Å². The first kappa shape index (κ1) is 27.8. The molecule has 0 saturated carbocycles. The zero-order chi connectivity index (χ0) is 27.9. The number of piperidine rings is 1. The minimum atomic E-state index is -1.21. The minimum Gasteiger partial charge on any atom is -0.382 e. The quantitative estimate of drug-likeness (QED) is 0.389. The molecule has 12 heteroatoms. The van der Waals surface area contributed by atoms with Gasteiger partial charge in [0, 0.05) is 24.2 Å². The number of hydrogen-bond acceptors (Lipinski definition) is 8. The maximum Gasteiger partial charge on any atom is 0.271 e. The predicted octanol–water partition coefficient (Wildman–Crippen LogP) is 4.29. The summed E-state index contributed by atoms with van der Waals surface area (Å²) in [6, 6.07) is 10.1. The van der Waals surface area contributed by atoms with Crippen LogP contribution in [0.5, 0.6) is 0 Å². The van der Waals surface area contributed by atoms with E-state index in [1.54, 1.807) is 18.5 Å². The molecular weight excluding hydrogens is 554 g/mol. The lowest BCUT2D eigenvalue weighted by molar-refractivity contribution is 0.0994. The van der Waals surface area contributed by atoms with Crippen LogP contribution in [0, 0.1) is 5.41 Å². The van der Waals surface area contributed by atoms with E-state index in [1.807, 2.05) is 26.8 Å². The van der Waals surface area contributed by atoms with Gasteiger partial charge < -0.3 is 16.4 Å². The van der Waals surface area contributed by atoms with Crippen LogP contribution >= 0.6 is 23.4 Å². The van der Waals surface area contributed by atoms with Gasteiger partial charge in [-0.3, -0.25) is 4.79 Å². The lowest BCUT2D eigenvalue weighted by Gasteiger charge is -2.44. The Hall–Kier alpha value is -2.73. The molecule has 1 aromatic carbocycles. The van der Waals surface area contributed by atoms with E-state index in [2.05, 4.69) is 42.8 Å². The van der Waals surface area contributed by atoms with Crippen LogP contribution in [0.3, 0.4) is 0 Å². The largest absolute Gasteiger partial charge is 0.382 e. The summed E-state index contributed by atoms with van der Waals surface area (Å²) < 4.78 is 16.3. The Morgan fingerprint density at radius 1 is 1.21 bits per heavy atom. The first-order chi connectivity index (χ1) is 18.5. The smallest absolute Gasteiger partial charge is 0.271 e. The summed E-state index contributed by atoms with van der Waals surface area (Å²) in [7, 11) is -1.21. The molecule has 2 aliphatic rings. The van der Waals surface area contributed by atoms with Gasteiger partial charge in [-0.2, -0.15) is 0 Å². The van der Waals surface area contributed by atoms with Gasteiger partial charge in [0.15, 0.2) is 11.5 Å². The van der Waals surface area contributed by atoms with E-state index in [0.717, 1.165) is 19.3 Å². The number of carbonyl (C=O) groups is 1. The Bertz CT molecular complexity index is 1440. The topological polar surface area (TPSA) is 140 Å². The highest BCUT2D eigenvalue weighted by Crippen LogP contribution is 2.52. The van der Waals surface area contributed by atoms with Crippen LogP contribution in [0.25, 0.3) is 0 Å². The van der Waals surface area contributed by atoms with Gasteiger partial charge in [-0.05, 0) is 62.6 Å². The molecule has 2 aromatic heterocycles. The van der Waals surface area contributed by atoms with Crippen molar-refractivity contribution in [3.05, 3.63) is 64.6 Å². The summed E-state index contributed by atoms with van der Waals surface area (Å²) in [5.74, 6) is 0.0473. The highest BCUT2D eigenvalue weighted by Gasteiger charge is 2.49. The monoisotopic (exact) mass is 585 g/mol. The number of nitrogens with one attached hydrogen (secondary N) is 1. The van der Waals surface area contributed by atoms with Crippen LogP contribution in [0.4, 0.5) is 11.6 Å². The molecule has 206 valence electrons. The maximum atomic E-state index is 13.2. The van der Waals surface area contributed by atoms with Crippen molar-refractivity contribution in [2.45, 2.75) is 60.7 Å². The van der Waals surface area contributed by atoms with Crippen molar-refractivity contribution in [2.75, 3.05) is 23.7 Å². The molecule has 5 rings (SSSR count). The third-order valence-electron chi connectivity index (χ3n) is 7.42. The zero-order valence-corrected chi connectivity index (χ0v) is 24.5. The van der Waals surface area contributed by atoms with Gasteiger partial charge >= 0.3 is 0 Å². The second kappa shape index (κ2) is 10.7. The van der Waals surface area contributed by atoms with E-state index in [1.165, 1.54) is 22.9 Å². The molecule has 39 heavy (non-hydrogen) atoms. The van der Waals surface area contributed by atoms with E-state index in [0.29, 0.717) is 33.9 Å². The Morgan fingerprint density at radius 2 is 1.92 bits per heavy atom. The number of aromatic nitrogens is 3. The van der Waals surface area contributed by atoms with Crippen molar-refractivity contribution in [1.29, 1.82) is 0 Å². The summed E-state index contributed by atoms with van der Waals surface area (Å²) in [4.78, 5) is 28.3. The third kappa shape index (κ3) is 5.50. The first-order valence-electron chi connectivity index (χ1n) is 12.7. The van der Waals surface area contributed by atoms with Crippen molar-refractivity contribution in [2.24, 2.45) is 11.1 Å². The number of anilines is 2. The van der Waals surface area contributed by atoms with Crippen LogP contribution in [0.15, 0.2) is 52.6 Å². The number of nitrogens with two attached hydrogens (primary N) is 2. The minimum absolute atomic E-state index is 0.0195. The molecule has 5 N–H and O–H groups in total. The zero-order valence-electron chi connectivity index (χ0n) is 22.1. The van der Waals surface area contributed by atoms with Crippen molar-refractivity contribution < 1.29 is 9.00 Å². The molecule has 3 heterocycles. The lowest BCUT2D eigenvalue weighted by atomic mass is 9.73. The molecule has 1 amide bonds. The Morgan fingerprint density at radius 3 is 2.62 bits per heavy atom. The maximum absolute atomic E-state index is 13.2. The summed E-state index contributed by atoms with van der Waals surface area (Å²) in [5.41, 5.74) is 14.1. The molecule has 1 fully saturated rings. The molecule has 1 aliphatic carbocycles. The van der Waals surface area contributed by atoms with Crippen molar-refractivity contribution in [3.63, 3.8) is 0 Å². The van der Waals surface area contributed by atoms with E-state index in [4.69, 9.17) is 23.1 Å². The highest BCUT2D eigenvalue weighted by atomic mass is 35.5. The average molecular weight is 586 g/mol. The number of benzene rings is 1. The normalized spacial score (nSPS) is 19.2. The molecule has 2 atom stereocenters. The average Bonchev–Trinajstić information content (AvgIpc) is 3.19. The number of nitrogen functional groups attached to an aromatic ring is 1. The van der Waals surface area contributed by atoms with Gasteiger partial charge in [-0.1, -0.05) is 47.6 Å². The van der Waals surface area contributed by atoms with Gasteiger partial charge in [0.1, 0.15) is 10.8 Å². The Kier molecular flexibility index (Phi) is 7.62. The number of pyridine rings is 1. The number of primary amides is 1. The van der Waals surface area contributed by atoms with Crippen molar-refractivity contribution >= 4 is 51.9 Å². The number of carbonyl (C=O) groups excluding carboxylic acids is 1. The van der Waals surface area contributed by atoms with Gasteiger partial charge in [0.05, 0.1) is 33.0 Å². The fourth-order valence-corrected chi connectivity index (χ4v) is 7.30. The van der Waals surface area contributed by atoms with E-state index in [9.17, 15) is 9.00 Å². The van der Waals surface area contributed by atoms with E-state index >= 15 is 0 Å². The molecule has 1 spiro atoms. The number of halogens is 1. The highest BCUT2D eigenvalue weighted by molar-refractivity contribution is 7.99. The summed E-state index contributed by atoms with van der Waals surface area (Å²) in [5, 5.41) is 0.803. The molecule has 9 nitrogen and oxygen atoms in total. The molecule has 3 aromatic rings. The first-order valence-corrected chi connectivity index (χ1v) is 15.1. The third-order valence-corrected chi connectivity index (χ3v) is 10.5. The van der Waals surface area contributed by atoms with Crippen LogP contribution < -0.4 is 21.1 Å². The number of hydrogen-bond donors (Lipinski definition) is 3. The molecule has 1 saturated heterocycles. The van der Waals surface area contributed by atoms with Gasteiger partial charge in [-0.15, -0.1) is 0 Å². The number of nitrogens with zero attached hydrogens (tertiary/aromatic N) is 4. The van der Waals surface area contributed by atoms with Crippen LogP contribution in [-0.4, -0.2) is 42.9 Å². The van der Waals surface area contributed by atoms with Crippen LogP contribution in [0.1, 0.15) is 61.3 Å². The second-order valence-electron chi connectivity index (χ2n) is 11.0. The summed E-state index contributed by atoms with van der Waals surface area (Å²) in [6.45, 7) is 7.28. The standard InChI is InChI=1S/C27H32ClN7O2S2/c1-26(2,3)39(37)34-22-17-7-5-4-6-16(17)14-27(22)9-12-35(13-10-27)25-21(24(30)36)33-19(15-32-25)38-18-8-11-31-23(29)20(18)28/h4-8,11,15,22,34H,9-10,12-14H2,1-3H3,(H2,29,31)(H2,30,36)/t22-,39?/m1/s1. The SMILES string of the molecule is CC(C)(C)S(=O)N[C@@H]1c2ccccc2CC12CCN(c1ncc(Sc3ccnc(N)c3Cl)nc1C(N)=O)CC2. The lowest BCUT2D eigenvalue weighted by Crippen LogP contribution is -2.48. The second-order valence-corrected chi connectivity index (χ2v) is 14.5. The molecule has 1 aliphatic heterocycles. The van der Waals surface area contributed by atoms with Crippen LogP contribution in [0.2, 0.25) is 5.02 Å². The van der Waals surface area contributed by atoms with Crippen molar-refractivity contribution in [3.8, 4) is 0 Å². The fraction of sp³-hybridized carbons (Fsp3) is 0.407. The Balaban J connectivity index is 1.38. The van der Waals surface area contributed by atoms with Gasteiger partial charge in [-0.25, -0.2) is 23.9 Å². The van der Waals surface area contributed by atoms with Crippen molar-refractivity contribution in [1.82, 2.24) is 19.7 Å². The molecular formula is C27H32ClN7O2S2. The van der Waals surface area contributed by atoms with Gasteiger partial charge in [0.2, 0.25) is 0 Å². The fourth-order valence-electron chi connectivity index (χ4n) is 5.33.